The van der Waals surface area contributed by atoms with Crippen LogP contribution in [0.4, 0.5) is 4.79 Å². The van der Waals surface area contributed by atoms with Crippen LogP contribution in [0.2, 0.25) is 0 Å². The molecular formula is C17H23NO5. The fourth-order valence-corrected chi connectivity index (χ4v) is 2.42. The first-order valence-electron chi connectivity index (χ1n) is 7.75. The summed E-state index contributed by atoms with van der Waals surface area (Å²) in [5.41, 5.74) is -0.331. The topological polar surface area (TPSA) is 76.1 Å². The van der Waals surface area contributed by atoms with E-state index in [2.05, 4.69) is 0 Å². The number of aliphatic carboxylic acids is 1. The summed E-state index contributed by atoms with van der Waals surface area (Å²) in [4.78, 5) is 24.9. The minimum Gasteiger partial charge on any atom is -0.479 e. The summed E-state index contributed by atoms with van der Waals surface area (Å²) in [5.74, 6) is -1.02. The maximum absolute atomic E-state index is 12.2. The molecule has 1 aliphatic rings. The van der Waals surface area contributed by atoms with Crippen molar-refractivity contribution in [2.45, 2.75) is 44.9 Å². The van der Waals surface area contributed by atoms with Gasteiger partial charge in [-0.25, -0.2) is 9.59 Å². The third-order valence-electron chi connectivity index (χ3n) is 3.97. The Morgan fingerprint density at radius 2 is 2.00 bits per heavy atom. The zero-order valence-corrected chi connectivity index (χ0v) is 13.5. The molecule has 0 aliphatic carbocycles. The van der Waals surface area contributed by atoms with Crippen molar-refractivity contribution in [3.8, 4) is 0 Å². The van der Waals surface area contributed by atoms with Gasteiger partial charge in [0.15, 0.2) is 5.60 Å². The average Bonchev–Trinajstić information content (AvgIpc) is 3.00. The van der Waals surface area contributed by atoms with Gasteiger partial charge in [-0.2, -0.15) is 0 Å². The molecule has 1 N–H and O–H groups in total. The molecule has 1 fully saturated rings. The predicted molar refractivity (Wildman–Crippen MR) is 84.0 cm³/mol. The Morgan fingerprint density at radius 3 is 2.65 bits per heavy atom. The summed E-state index contributed by atoms with van der Waals surface area (Å²) in [6, 6.07) is 9.34. The molecule has 2 rings (SSSR count). The Kier molecular flexibility index (Phi) is 5.60. The first-order valence-corrected chi connectivity index (χ1v) is 7.75. The second-order valence-corrected chi connectivity index (χ2v) is 6.16. The van der Waals surface area contributed by atoms with E-state index in [1.54, 1.807) is 4.90 Å². The molecule has 1 amide bonds. The molecule has 1 heterocycles. The van der Waals surface area contributed by atoms with Crippen molar-refractivity contribution in [2.75, 3.05) is 13.2 Å². The normalized spacial score (nSPS) is 18.0. The fourth-order valence-electron chi connectivity index (χ4n) is 2.42. The smallest absolute Gasteiger partial charge is 0.410 e. The van der Waals surface area contributed by atoms with Crippen LogP contribution in [0.5, 0.6) is 0 Å². The van der Waals surface area contributed by atoms with Gasteiger partial charge < -0.3 is 19.5 Å². The van der Waals surface area contributed by atoms with E-state index in [1.807, 2.05) is 30.3 Å². The van der Waals surface area contributed by atoms with Crippen molar-refractivity contribution in [2.24, 2.45) is 0 Å². The Morgan fingerprint density at radius 1 is 1.30 bits per heavy atom. The number of benzene rings is 1. The number of hydrogen-bond acceptors (Lipinski definition) is 4. The quantitative estimate of drug-likeness (QED) is 0.872. The molecule has 0 bridgehead atoms. The molecule has 1 saturated heterocycles. The number of likely N-dealkylation sites (tertiary alicyclic amines) is 1. The highest BCUT2D eigenvalue weighted by atomic mass is 16.6. The van der Waals surface area contributed by atoms with E-state index in [1.165, 1.54) is 13.8 Å². The first kappa shape index (κ1) is 17.3. The summed E-state index contributed by atoms with van der Waals surface area (Å²) >= 11 is 0. The number of nitrogens with zero attached hydrogens (tertiary/aromatic N) is 1. The van der Waals surface area contributed by atoms with Crippen molar-refractivity contribution in [3.63, 3.8) is 0 Å². The lowest BCUT2D eigenvalue weighted by atomic mass is 10.1. The number of carboxylic acids is 1. The second kappa shape index (κ2) is 7.46. The van der Waals surface area contributed by atoms with E-state index in [0.717, 1.165) is 18.4 Å². The van der Waals surface area contributed by atoms with Gasteiger partial charge in [-0.15, -0.1) is 0 Å². The van der Waals surface area contributed by atoms with Crippen LogP contribution in [0, 0.1) is 0 Å². The van der Waals surface area contributed by atoms with Crippen molar-refractivity contribution >= 4 is 12.1 Å². The number of carbonyl (C=O) groups is 2. The summed E-state index contributed by atoms with van der Waals surface area (Å²) in [5, 5.41) is 9.07. The van der Waals surface area contributed by atoms with Gasteiger partial charge in [-0.05, 0) is 32.3 Å². The Bertz CT molecular complexity index is 543. The monoisotopic (exact) mass is 321 g/mol. The molecule has 0 unspecified atom stereocenters. The van der Waals surface area contributed by atoms with Crippen LogP contribution in [0.25, 0.3) is 0 Å². The second-order valence-electron chi connectivity index (χ2n) is 6.16. The largest absolute Gasteiger partial charge is 0.479 e. The van der Waals surface area contributed by atoms with Crippen LogP contribution >= 0.6 is 0 Å². The molecule has 0 saturated carbocycles. The zero-order valence-electron chi connectivity index (χ0n) is 13.5. The van der Waals surface area contributed by atoms with E-state index in [4.69, 9.17) is 14.6 Å². The minimum absolute atomic E-state index is 0.142. The lowest BCUT2D eigenvalue weighted by Crippen LogP contribution is -2.43. The van der Waals surface area contributed by atoms with Crippen LogP contribution in [0.1, 0.15) is 32.3 Å². The van der Waals surface area contributed by atoms with Gasteiger partial charge in [0.2, 0.25) is 0 Å². The van der Waals surface area contributed by atoms with Gasteiger partial charge >= 0.3 is 12.1 Å². The highest BCUT2D eigenvalue weighted by molar-refractivity contribution is 5.76. The van der Waals surface area contributed by atoms with Crippen LogP contribution in [-0.2, 0) is 20.9 Å². The molecule has 6 heteroatoms. The van der Waals surface area contributed by atoms with E-state index in [9.17, 15) is 9.59 Å². The summed E-state index contributed by atoms with van der Waals surface area (Å²) in [7, 11) is 0. The Balaban J connectivity index is 1.85. The number of hydrogen-bond donors (Lipinski definition) is 1. The van der Waals surface area contributed by atoms with Gasteiger partial charge in [-0.1, -0.05) is 30.3 Å². The number of amides is 1. The Labute approximate surface area is 136 Å². The first-order chi connectivity index (χ1) is 10.9. The number of carboxylic acid groups (broad SMARTS) is 1. The van der Waals surface area contributed by atoms with Crippen molar-refractivity contribution in [1.29, 1.82) is 0 Å². The molecule has 1 atom stereocenters. The van der Waals surface area contributed by atoms with Gasteiger partial charge in [0.05, 0.1) is 12.6 Å². The van der Waals surface area contributed by atoms with Gasteiger partial charge in [0, 0.05) is 6.54 Å². The van der Waals surface area contributed by atoms with Crippen molar-refractivity contribution < 1.29 is 24.2 Å². The molecule has 1 aromatic carbocycles. The lowest BCUT2D eigenvalue weighted by Gasteiger charge is -2.27. The molecule has 1 aromatic rings. The molecule has 126 valence electrons. The highest BCUT2D eigenvalue weighted by Crippen LogP contribution is 2.21. The van der Waals surface area contributed by atoms with Crippen molar-refractivity contribution in [3.05, 3.63) is 35.9 Å². The summed E-state index contributed by atoms with van der Waals surface area (Å²) < 4.78 is 10.8. The SMILES string of the molecule is CC(C)(OC[C@@H]1CCCN1C(=O)OCc1ccccc1)C(=O)O. The number of carbonyl (C=O) groups excluding carboxylic acids is 1. The molecule has 1 aliphatic heterocycles. The lowest BCUT2D eigenvalue weighted by molar-refractivity contribution is -0.162. The molecule has 23 heavy (non-hydrogen) atoms. The van der Waals surface area contributed by atoms with E-state index in [-0.39, 0.29) is 25.3 Å². The van der Waals surface area contributed by atoms with Crippen molar-refractivity contribution in [1.82, 2.24) is 4.90 Å². The van der Waals surface area contributed by atoms with Gasteiger partial charge in [0.1, 0.15) is 6.61 Å². The van der Waals surface area contributed by atoms with Crippen LogP contribution in [0.15, 0.2) is 30.3 Å². The van der Waals surface area contributed by atoms with Gasteiger partial charge in [-0.3, -0.25) is 0 Å². The standard InChI is InChI=1S/C17H23NO5/c1-17(2,15(19)20)23-12-14-9-6-10-18(14)16(21)22-11-13-7-4-3-5-8-13/h3-5,7-8,14H,6,9-12H2,1-2H3,(H,19,20)/t14-/m0/s1. The molecule has 0 spiro atoms. The number of ether oxygens (including phenoxy) is 2. The summed E-state index contributed by atoms with van der Waals surface area (Å²) in [6.45, 7) is 4.03. The predicted octanol–water partition coefficient (Wildman–Crippen LogP) is 2.67. The molecule has 0 aromatic heterocycles. The number of rotatable bonds is 6. The fraction of sp³-hybridized carbons (Fsp3) is 0.529. The Hall–Kier alpha value is -2.08. The zero-order chi connectivity index (χ0) is 16.9. The van der Waals surface area contributed by atoms with Gasteiger partial charge in [0.25, 0.3) is 0 Å². The minimum atomic E-state index is -1.26. The van der Waals surface area contributed by atoms with E-state index < -0.39 is 11.6 Å². The third-order valence-corrected chi connectivity index (χ3v) is 3.97. The molecular weight excluding hydrogens is 298 g/mol. The molecule has 0 radical (unpaired) electrons. The van der Waals surface area contributed by atoms with Crippen LogP contribution in [0.3, 0.4) is 0 Å². The van der Waals surface area contributed by atoms with E-state index >= 15 is 0 Å². The van der Waals surface area contributed by atoms with Crippen LogP contribution in [-0.4, -0.2) is 46.9 Å². The maximum atomic E-state index is 12.2. The maximum Gasteiger partial charge on any atom is 0.410 e. The molecule has 6 nitrogen and oxygen atoms in total. The van der Waals surface area contributed by atoms with Crippen LogP contribution < -0.4 is 0 Å². The average molecular weight is 321 g/mol. The van der Waals surface area contributed by atoms with E-state index in [0.29, 0.717) is 6.54 Å². The highest BCUT2D eigenvalue weighted by Gasteiger charge is 2.34. The summed E-state index contributed by atoms with van der Waals surface area (Å²) in [6.07, 6.45) is 1.27. The third kappa shape index (κ3) is 4.69.